The van der Waals surface area contributed by atoms with Gasteiger partial charge in [0.25, 0.3) is 0 Å². The van der Waals surface area contributed by atoms with E-state index in [1.54, 1.807) is 17.0 Å². The van der Waals surface area contributed by atoms with Crippen LogP contribution in [-0.2, 0) is 9.53 Å². The van der Waals surface area contributed by atoms with Crippen molar-refractivity contribution in [2.45, 2.75) is 13.0 Å². The largest absolute Gasteiger partial charge is 0.380 e. The molecule has 110 valence electrons. The SMILES string of the molecule is CN(C)[C@@H](C(=O)NCC1(C)COC1)c1cccc(F)c1. The van der Waals surface area contributed by atoms with Crippen molar-refractivity contribution in [3.63, 3.8) is 0 Å². The summed E-state index contributed by atoms with van der Waals surface area (Å²) in [6, 6.07) is 5.67. The molecule has 0 unspecified atom stereocenters. The Balaban J connectivity index is 2.06. The number of hydrogen-bond acceptors (Lipinski definition) is 3. The zero-order valence-corrected chi connectivity index (χ0v) is 12.1. The summed E-state index contributed by atoms with van der Waals surface area (Å²) >= 11 is 0. The summed E-state index contributed by atoms with van der Waals surface area (Å²) in [7, 11) is 3.62. The molecule has 1 N–H and O–H groups in total. The molecular formula is C15H21FN2O2. The Morgan fingerprint density at radius 3 is 2.70 bits per heavy atom. The molecule has 20 heavy (non-hydrogen) atoms. The van der Waals surface area contributed by atoms with Crippen molar-refractivity contribution in [2.24, 2.45) is 5.41 Å². The van der Waals surface area contributed by atoms with Crippen molar-refractivity contribution in [3.05, 3.63) is 35.6 Å². The van der Waals surface area contributed by atoms with Crippen molar-refractivity contribution in [2.75, 3.05) is 33.9 Å². The third kappa shape index (κ3) is 3.35. The lowest BCUT2D eigenvalue weighted by atomic mass is 9.88. The fraction of sp³-hybridized carbons (Fsp3) is 0.533. The molecule has 2 rings (SSSR count). The number of halogens is 1. The lowest BCUT2D eigenvalue weighted by molar-refractivity contribution is -0.131. The second kappa shape index (κ2) is 5.89. The van der Waals surface area contributed by atoms with Crippen LogP contribution in [-0.4, -0.2) is 44.7 Å². The number of hydrogen-bond donors (Lipinski definition) is 1. The van der Waals surface area contributed by atoms with Gasteiger partial charge in [-0.15, -0.1) is 0 Å². The van der Waals surface area contributed by atoms with Crippen LogP contribution in [0.2, 0.25) is 0 Å². The number of nitrogens with zero attached hydrogens (tertiary/aromatic N) is 1. The summed E-state index contributed by atoms with van der Waals surface area (Å²) in [6.45, 7) is 3.98. The van der Waals surface area contributed by atoms with Crippen molar-refractivity contribution in [1.82, 2.24) is 10.2 Å². The van der Waals surface area contributed by atoms with Crippen LogP contribution in [0.25, 0.3) is 0 Å². The van der Waals surface area contributed by atoms with E-state index in [0.717, 1.165) is 0 Å². The van der Waals surface area contributed by atoms with Gasteiger partial charge in [0.15, 0.2) is 0 Å². The quantitative estimate of drug-likeness (QED) is 0.890. The summed E-state index contributed by atoms with van der Waals surface area (Å²) < 4.78 is 18.5. The molecule has 1 fully saturated rings. The first-order chi connectivity index (χ1) is 9.41. The summed E-state index contributed by atoms with van der Waals surface area (Å²) in [6.07, 6.45) is 0. The number of rotatable bonds is 5. The lowest BCUT2D eigenvalue weighted by Gasteiger charge is -2.38. The predicted octanol–water partition coefficient (Wildman–Crippen LogP) is 1.58. The topological polar surface area (TPSA) is 41.6 Å². The summed E-state index contributed by atoms with van der Waals surface area (Å²) in [5.74, 6) is -0.449. The standard InChI is InChI=1S/C15H21FN2O2/c1-15(9-20-10-15)8-17-14(19)13(18(2)3)11-5-4-6-12(16)7-11/h4-7,13H,8-10H2,1-3H3,(H,17,19)/t13-/m1/s1. The zero-order chi connectivity index (χ0) is 14.8. The van der Waals surface area contributed by atoms with Gasteiger partial charge in [0.05, 0.1) is 13.2 Å². The lowest BCUT2D eigenvalue weighted by Crippen LogP contribution is -2.50. The molecule has 1 amide bonds. The molecule has 0 bridgehead atoms. The van der Waals surface area contributed by atoms with Gasteiger partial charge >= 0.3 is 0 Å². The predicted molar refractivity (Wildman–Crippen MR) is 74.8 cm³/mol. The van der Waals surface area contributed by atoms with Gasteiger partial charge in [-0.25, -0.2) is 4.39 Å². The van der Waals surface area contributed by atoms with Crippen LogP contribution in [0.1, 0.15) is 18.5 Å². The molecule has 0 saturated carbocycles. The Kier molecular flexibility index (Phi) is 4.40. The van der Waals surface area contributed by atoms with E-state index in [4.69, 9.17) is 4.74 Å². The van der Waals surface area contributed by atoms with E-state index in [0.29, 0.717) is 25.3 Å². The zero-order valence-electron chi connectivity index (χ0n) is 12.1. The number of likely N-dealkylation sites (N-methyl/N-ethyl adjacent to an activating group) is 1. The van der Waals surface area contributed by atoms with Crippen molar-refractivity contribution < 1.29 is 13.9 Å². The minimum Gasteiger partial charge on any atom is -0.380 e. The van der Waals surface area contributed by atoms with Gasteiger partial charge < -0.3 is 10.1 Å². The van der Waals surface area contributed by atoms with Crippen molar-refractivity contribution in [1.29, 1.82) is 0 Å². The molecule has 1 aliphatic heterocycles. The van der Waals surface area contributed by atoms with Crippen LogP contribution in [0.3, 0.4) is 0 Å². The van der Waals surface area contributed by atoms with E-state index in [1.165, 1.54) is 12.1 Å². The molecule has 1 heterocycles. The molecule has 1 aromatic rings. The highest BCUT2D eigenvalue weighted by Gasteiger charge is 2.34. The number of carbonyl (C=O) groups is 1. The van der Waals surface area contributed by atoms with E-state index < -0.39 is 6.04 Å². The summed E-state index contributed by atoms with van der Waals surface area (Å²) in [4.78, 5) is 14.1. The highest BCUT2D eigenvalue weighted by Crippen LogP contribution is 2.26. The Morgan fingerprint density at radius 1 is 1.50 bits per heavy atom. The smallest absolute Gasteiger partial charge is 0.241 e. The Bertz CT molecular complexity index is 487. The van der Waals surface area contributed by atoms with Gasteiger partial charge in [-0.1, -0.05) is 19.1 Å². The second-order valence-corrected chi connectivity index (χ2v) is 5.94. The molecule has 0 spiro atoms. The highest BCUT2D eigenvalue weighted by atomic mass is 19.1. The van der Waals surface area contributed by atoms with Crippen LogP contribution in [0.5, 0.6) is 0 Å². The van der Waals surface area contributed by atoms with E-state index in [9.17, 15) is 9.18 Å². The maximum absolute atomic E-state index is 13.3. The second-order valence-electron chi connectivity index (χ2n) is 5.94. The Labute approximate surface area is 118 Å². The fourth-order valence-electron chi connectivity index (χ4n) is 2.31. The van der Waals surface area contributed by atoms with E-state index in [1.807, 2.05) is 14.1 Å². The number of nitrogens with one attached hydrogen (secondary N) is 1. The Morgan fingerprint density at radius 2 is 2.20 bits per heavy atom. The van der Waals surface area contributed by atoms with Gasteiger partial charge in [-0.3, -0.25) is 9.69 Å². The maximum atomic E-state index is 13.3. The van der Waals surface area contributed by atoms with Gasteiger partial charge in [-0.05, 0) is 31.8 Å². The highest BCUT2D eigenvalue weighted by molar-refractivity contribution is 5.83. The first-order valence-electron chi connectivity index (χ1n) is 6.69. The van der Waals surface area contributed by atoms with Gasteiger partial charge in [0, 0.05) is 12.0 Å². The molecular weight excluding hydrogens is 259 g/mol. The molecule has 1 aliphatic rings. The van der Waals surface area contributed by atoms with Gasteiger partial charge in [-0.2, -0.15) is 0 Å². The van der Waals surface area contributed by atoms with Crippen molar-refractivity contribution >= 4 is 5.91 Å². The minimum absolute atomic E-state index is 0.0223. The normalized spacial score (nSPS) is 18.4. The Hall–Kier alpha value is -1.46. The van der Waals surface area contributed by atoms with E-state index in [-0.39, 0.29) is 17.1 Å². The molecule has 1 atom stereocenters. The third-order valence-corrected chi connectivity index (χ3v) is 3.52. The monoisotopic (exact) mass is 280 g/mol. The molecule has 1 saturated heterocycles. The van der Waals surface area contributed by atoms with Gasteiger partial charge in [0.2, 0.25) is 5.91 Å². The number of amides is 1. The summed E-state index contributed by atoms with van der Waals surface area (Å²) in [5, 5.41) is 2.94. The average molecular weight is 280 g/mol. The van der Waals surface area contributed by atoms with Crippen molar-refractivity contribution in [3.8, 4) is 0 Å². The molecule has 0 aromatic heterocycles. The fourth-order valence-corrected chi connectivity index (χ4v) is 2.31. The van der Waals surface area contributed by atoms with Crippen LogP contribution < -0.4 is 5.32 Å². The van der Waals surface area contributed by atoms with Crippen LogP contribution >= 0.6 is 0 Å². The molecule has 0 aliphatic carbocycles. The van der Waals surface area contributed by atoms with E-state index >= 15 is 0 Å². The first kappa shape index (κ1) is 14.9. The average Bonchev–Trinajstić information content (AvgIpc) is 2.34. The van der Waals surface area contributed by atoms with Crippen LogP contribution in [0.15, 0.2) is 24.3 Å². The minimum atomic E-state index is -0.490. The maximum Gasteiger partial charge on any atom is 0.241 e. The molecule has 4 nitrogen and oxygen atoms in total. The number of carbonyl (C=O) groups excluding carboxylic acids is 1. The number of benzene rings is 1. The third-order valence-electron chi connectivity index (χ3n) is 3.52. The van der Waals surface area contributed by atoms with Gasteiger partial charge in [0.1, 0.15) is 11.9 Å². The first-order valence-corrected chi connectivity index (χ1v) is 6.69. The van der Waals surface area contributed by atoms with E-state index in [2.05, 4.69) is 12.2 Å². The molecule has 1 aromatic carbocycles. The van der Waals surface area contributed by atoms with Crippen LogP contribution in [0.4, 0.5) is 4.39 Å². The summed E-state index contributed by atoms with van der Waals surface area (Å²) in [5.41, 5.74) is 0.677. The van der Waals surface area contributed by atoms with Crippen LogP contribution in [0, 0.1) is 11.2 Å². The number of ether oxygens (including phenoxy) is 1. The molecule has 5 heteroatoms. The molecule has 0 radical (unpaired) electrons.